The van der Waals surface area contributed by atoms with Crippen LogP contribution in [0.25, 0.3) is 0 Å². The molecule has 0 spiro atoms. The molecule has 1 N–H and O–H groups in total. The maximum absolute atomic E-state index is 5.94. The minimum Gasteiger partial charge on any atom is -0.382 e. The lowest BCUT2D eigenvalue weighted by Gasteiger charge is -2.19. The van der Waals surface area contributed by atoms with Crippen molar-refractivity contribution < 1.29 is 0 Å². The second-order valence-electron chi connectivity index (χ2n) is 4.35. The lowest BCUT2D eigenvalue weighted by atomic mass is 10.1. The second-order valence-corrected chi connectivity index (χ2v) is 4.79. The van der Waals surface area contributed by atoms with Crippen LogP contribution in [-0.4, -0.2) is 6.04 Å². The van der Waals surface area contributed by atoms with Crippen LogP contribution >= 0.6 is 11.6 Å². The van der Waals surface area contributed by atoms with Gasteiger partial charge < -0.3 is 5.32 Å². The van der Waals surface area contributed by atoms with E-state index in [2.05, 4.69) is 32.2 Å². The highest BCUT2D eigenvalue weighted by atomic mass is 35.5. The molecule has 1 aromatic carbocycles. The minimum absolute atomic E-state index is 0.583. The fourth-order valence-electron chi connectivity index (χ4n) is 1.84. The van der Waals surface area contributed by atoms with E-state index in [-0.39, 0.29) is 0 Å². The largest absolute Gasteiger partial charge is 0.382 e. The molecule has 0 fully saturated rings. The van der Waals surface area contributed by atoms with Crippen molar-refractivity contribution in [3.8, 4) is 0 Å². The van der Waals surface area contributed by atoms with Crippen molar-refractivity contribution in [2.45, 2.75) is 52.5 Å². The van der Waals surface area contributed by atoms with Crippen LogP contribution in [-0.2, 0) is 0 Å². The van der Waals surface area contributed by atoms with Crippen LogP contribution in [0.5, 0.6) is 0 Å². The summed E-state index contributed by atoms with van der Waals surface area (Å²) in [6.07, 6.45) is 4.97. The zero-order valence-electron chi connectivity index (χ0n) is 10.5. The van der Waals surface area contributed by atoms with Gasteiger partial charge in [-0.2, -0.15) is 0 Å². The lowest BCUT2D eigenvalue weighted by molar-refractivity contribution is 0.593. The molecule has 16 heavy (non-hydrogen) atoms. The lowest BCUT2D eigenvalue weighted by Crippen LogP contribution is -2.18. The highest BCUT2D eigenvalue weighted by Gasteiger charge is 2.07. The van der Waals surface area contributed by atoms with Crippen LogP contribution in [0.3, 0.4) is 0 Å². The molecular formula is C14H22ClN. The van der Waals surface area contributed by atoms with Gasteiger partial charge in [0.25, 0.3) is 0 Å². The predicted octanol–water partition coefficient (Wildman–Crippen LogP) is 5.03. The normalized spacial score (nSPS) is 12.5. The van der Waals surface area contributed by atoms with E-state index in [9.17, 15) is 0 Å². The van der Waals surface area contributed by atoms with Crippen molar-refractivity contribution in [3.05, 3.63) is 28.8 Å². The van der Waals surface area contributed by atoms with Crippen molar-refractivity contribution in [2.75, 3.05) is 5.32 Å². The van der Waals surface area contributed by atoms with Gasteiger partial charge in [0.1, 0.15) is 0 Å². The first-order chi connectivity index (χ1) is 7.67. The number of unbranched alkanes of at least 4 members (excludes halogenated alkanes) is 1. The van der Waals surface area contributed by atoms with Gasteiger partial charge in [-0.05, 0) is 43.5 Å². The minimum atomic E-state index is 0.583. The highest BCUT2D eigenvalue weighted by molar-refractivity contribution is 6.30. The molecule has 0 saturated carbocycles. The topological polar surface area (TPSA) is 12.0 Å². The molecule has 0 radical (unpaired) electrons. The van der Waals surface area contributed by atoms with E-state index in [1.54, 1.807) is 0 Å². The zero-order valence-corrected chi connectivity index (χ0v) is 11.3. The zero-order chi connectivity index (χ0) is 12.0. The monoisotopic (exact) mass is 239 g/mol. The molecule has 1 atom stereocenters. The van der Waals surface area contributed by atoms with Crippen molar-refractivity contribution >= 4 is 17.3 Å². The maximum Gasteiger partial charge on any atom is 0.0410 e. The smallest absolute Gasteiger partial charge is 0.0410 e. The summed E-state index contributed by atoms with van der Waals surface area (Å²) < 4.78 is 0. The Hall–Kier alpha value is -0.690. The van der Waals surface area contributed by atoms with Gasteiger partial charge in [0.15, 0.2) is 0 Å². The van der Waals surface area contributed by atoms with Gasteiger partial charge in [-0.1, -0.05) is 38.3 Å². The van der Waals surface area contributed by atoms with Crippen molar-refractivity contribution in [2.24, 2.45) is 0 Å². The van der Waals surface area contributed by atoms with Gasteiger partial charge in [0.05, 0.1) is 0 Å². The molecule has 1 aromatic rings. The van der Waals surface area contributed by atoms with Crippen LogP contribution in [0.15, 0.2) is 18.2 Å². The molecular weight excluding hydrogens is 218 g/mol. The summed E-state index contributed by atoms with van der Waals surface area (Å²) in [5.74, 6) is 0. The van der Waals surface area contributed by atoms with Crippen LogP contribution in [0, 0.1) is 6.92 Å². The first-order valence-corrected chi connectivity index (χ1v) is 6.57. The van der Waals surface area contributed by atoms with E-state index in [0.717, 1.165) is 5.02 Å². The summed E-state index contributed by atoms with van der Waals surface area (Å²) in [7, 11) is 0. The Morgan fingerprint density at radius 1 is 1.31 bits per heavy atom. The number of anilines is 1. The first kappa shape index (κ1) is 13.4. The van der Waals surface area contributed by atoms with Gasteiger partial charge in [-0.25, -0.2) is 0 Å². The summed E-state index contributed by atoms with van der Waals surface area (Å²) >= 11 is 5.94. The van der Waals surface area contributed by atoms with Crippen molar-refractivity contribution in [1.82, 2.24) is 0 Å². The Morgan fingerprint density at radius 2 is 2.06 bits per heavy atom. The van der Waals surface area contributed by atoms with Crippen molar-refractivity contribution in [3.63, 3.8) is 0 Å². The average Bonchev–Trinajstić information content (AvgIpc) is 2.27. The highest BCUT2D eigenvalue weighted by Crippen LogP contribution is 2.21. The quantitative estimate of drug-likeness (QED) is 0.734. The molecule has 0 aromatic heterocycles. The average molecular weight is 240 g/mol. The van der Waals surface area contributed by atoms with Crippen LogP contribution in [0.1, 0.15) is 45.1 Å². The number of benzene rings is 1. The molecule has 1 rings (SSSR count). The molecule has 0 aliphatic heterocycles. The van der Waals surface area contributed by atoms with Crippen LogP contribution in [0.2, 0.25) is 5.02 Å². The Bertz CT molecular complexity index is 323. The molecule has 90 valence electrons. The fraction of sp³-hybridized carbons (Fsp3) is 0.571. The molecule has 1 unspecified atom stereocenters. The molecule has 0 bridgehead atoms. The Labute approximate surface area is 104 Å². The summed E-state index contributed by atoms with van der Waals surface area (Å²) in [5, 5.41) is 4.41. The number of halogens is 1. The predicted molar refractivity (Wildman–Crippen MR) is 73.4 cm³/mol. The van der Waals surface area contributed by atoms with E-state index >= 15 is 0 Å². The van der Waals surface area contributed by atoms with Gasteiger partial charge in [-0.15, -0.1) is 0 Å². The van der Waals surface area contributed by atoms with Gasteiger partial charge in [0.2, 0.25) is 0 Å². The van der Waals surface area contributed by atoms with Gasteiger partial charge in [0, 0.05) is 16.8 Å². The maximum atomic E-state index is 5.94. The van der Waals surface area contributed by atoms with E-state index in [4.69, 9.17) is 11.6 Å². The third kappa shape index (κ3) is 4.05. The Kier molecular flexibility index (Phi) is 5.68. The first-order valence-electron chi connectivity index (χ1n) is 6.20. The molecule has 0 amide bonds. The van der Waals surface area contributed by atoms with E-state index in [1.165, 1.54) is 36.9 Å². The second kappa shape index (κ2) is 6.80. The number of hydrogen-bond acceptors (Lipinski definition) is 1. The number of hydrogen-bond donors (Lipinski definition) is 1. The number of rotatable bonds is 6. The van der Waals surface area contributed by atoms with Crippen LogP contribution in [0.4, 0.5) is 5.69 Å². The van der Waals surface area contributed by atoms with E-state index < -0.39 is 0 Å². The van der Waals surface area contributed by atoms with Crippen molar-refractivity contribution in [1.29, 1.82) is 0 Å². The van der Waals surface area contributed by atoms with Crippen LogP contribution < -0.4 is 5.32 Å². The summed E-state index contributed by atoms with van der Waals surface area (Å²) in [5.41, 5.74) is 2.44. The third-order valence-corrected chi connectivity index (χ3v) is 3.18. The number of aryl methyl sites for hydroxylation is 1. The molecule has 0 aliphatic rings. The Morgan fingerprint density at radius 3 is 2.62 bits per heavy atom. The molecule has 2 heteroatoms. The summed E-state index contributed by atoms with van der Waals surface area (Å²) in [6.45, 7) is 6.57. The fourth-order valence-corrected chi connectivity index (χ4v) is 2.06. The molecule has 1 nitrogen and oxygen atoms in total. The third-order valence-electron chi connectivity index (χ3n) is 2.95. The molecule has 0 heterocycles. The van der Waals surface area contributed by atoms with Gasteiger partial charge in [-0.3, -0.25) is 0 Å². The molecule has 0 aliphatic carbocycles. The SMILES string of the molecule is CCCCC(CC)Nc1ccc(Cl)cc1C. The summed E-state index contributed by atoms with van der Waals surface area (Å²) in [4.78, 5) is 0. The summed E-state index contributed by atoms with van der Waals surface area (Å²) in [6, 6.07) is 6.62. The number of nitrogens with one attached hydrogen (secondary N) is 1. The standard InChI is InChI=1S/C14H22ClN/c1-4-6-7-13(5-2)16-14-9-8-12(15)10-11(14)3/h8-10,13,16H,4-7H2,1-3H3. The van der Waals surface area contributed by atoms with Gasteiger partial charge >= 0.3 is 0 Å². The Balaban J connectivity index is 2.62. The molecule has 0 saturated heterocycles. The van der Waals surface area contributed by atoms with E-state index in [1.807, 2.05) is 12.1 Å². The van der Waals surface area contributed by atoms with E-state index in [0.29, 0.717) is 6.04 Å².